The second-order valence-corrected chi connectivity index (χ2v) is 7.72. The van der Waals surface area contributed by atoms with Crippen molar-refractivity contribution in [3.05, 3.63) is 64.2 Å². The minimum Gasteiger partial charge on any atom is -0.495 e. The molecule has 0 aliphatic carbocycles. The van der Waals surface area contributed by atoms with Crippen molar-refractivity contribution in [3.63, 3.8) is 0 Å². The Morgan fingerprint density at radius 3 is 2.35 bits per heavy atom. The molecule has 7 nitrogen and oxygen atoms in total. The average Bonchev–Trinajstić information content (AvgIpc) is 3.34. The Bertz CT molecular complexity index is 1350. The molecule has 4 aromatic rings. The summed E-state index contributed by atoms with van der Waals surface area (Å²) in [6, 6.07) is 11.0. The summed E-state index contributed by atoms with van der Waals surface area (Å²) in [5.41, 5.74) is 1.47. The molecular formula is C27H29NO6. The lowest BCUT2D eigenvalue weighted by molar-refractivity contribution is 0.223. The molecule has 0 atom stereocenters. The summed E-state index contributed by atoms with van der Waals surface area (Å²) in [5, 5.41) is 0.971. The van der Waals surface area contributed by atoms with Crippen LogP contribution in [-0.4, -0.2) is 45.4 Å². The van der Waals surface area contributed by atoms with Gasteiger partial charge in [-0.3, -0.25) is 4.79 Å². The first-order valence-corrected chi connectivity index (χ1v) is 11.3. The molecule has 178 valence electrons. The van der Waals surface area contributed by atoms with E-state index in [2.05, 4.69) is 18.7 Å². The van der Waals surface area contributed by atoms with Gasteiger partial charge in [-0.15, -0.1) is 0 Å². The highest BCUT2D eigenvalue weighted by Crippen LogP contribution is 2.42. The number of hydrogen-bond donors (Lipinski definition) is 0. The quantitative estimate of drug-likeness (QED) is 0.310. The van der Waals surface area contributed by atoms with Crippen LogP contribution in [0.25, 0.3) is 34.1 Å². The fraction of sp³-hybridized carbons (Fsp3) is 0.296. The van der Waals surface area contributed by atoms with Crippen molar-refractivity contribution in [2.75, 3.05) is 40.5 Å². The zero-order valence-electron chi connectivity index (χ0n) is 19.9. The predicted molar refractivity (Wildman–Crippen MR) is 134 cm³/mol. The Hall–Kier alpha value is -3.71. The molecule has 2 aromatic carbocycles. The van der Waals surface area contributed by atoms with E-state index in [1.54, 1.807) is 12.1 Å². The van der Waals surface area contributed by atoms with E-state index in [1.807, 2.05) is 30.3 Å². The molecule has 0 N–H and O–H groups in total. The molecule has 0 unspecified atom stereocenters. The van der Waals surface area contributed by atoms with Crippen LogP contribution in [0.15, 0.2) is 56.3 Å². The van der Waals surface area contributed by atoms with Crippen LogP contribution in [0.2, 0.25) is 0 Å². The number of rotatable bonds is 10. The Morgan fingerprint density at radius 1 is 0.941 bits per heavy atom. The maximum atomic E-state index is 13.0. The minimum atomic E-state index is -0.226. The molecule has 2 heterocycles. The van der Waals surface area contributed by atoms with Crippen molar-refractivity contribution < 1.29 is 23.0 Å². The molecule has 7 heteroatoms. The average molecular weight is 464 g/mol. The third-order valence-electron chi connectivity index (χ3n) is 5.82. The van der Waals surface area contributed by atoms with Gasteiger partial charge in [-0.1, -0.05) is 32.1 Å². The van der Waals surface area contributed by atoms with Gasteiger partial charge in [0.2, 0.25) is 5.75 Å². The first-order valence-electron chi connectivity index (χ1n) is 11.3. The van der Waals surface area contributed by atoms with Gasteiger partial charge in [-0.2, -0.15) is 0 Å². The molecule has 0 aliphatic rings. The molecule has 34 heavy (non-hydrogen) atoms. The van der Waals surface area contributed by atoms with Crippen LogP contribution in [0.5, 0.6) is 17.2 Å². The fourth-order valence-electron chi connectivity index (χ4n) is 3.95. The smallest absolute Gasteiger partial charge is 0.206 e. The van der Waals surface area contributed by atoms with E-state index in [9.17, 15) is 4.79 Å². The number of methoxy groups -OCH3 is 2. The summed E-state index contributed by atoms with van der Waals surface area (Å²) in [6.07, 6.45) is 5.14. The first kappa shape index (κ1) is 23.4. The lowest BCUT2D eigenvalue weighted by Gasteiger charge is -2.17. The highest BCUT2D eigenvalue weighted by molar-refractivity contribution is 6.06. The molecule has 0 radical (unpaired) electrons. The van der Waals surface area contributed by atoms with Gasteiger partial charge in [0.15, 0.2) is 16.6 Å². The van der Waals surface area contributed by atoms with Gasteiger partial charge in [0.25, 0.3) is 0 Å². The Morgan fingerprint density at radius 2 is 1.68 bits per heavy atom. The molecule has 0 amide bonds. The van der Waals surface area contributed by atoms with Gasteiger partial charge in [0, 0.05) is 12.6 Å². The third kappa shape index (κ3) is 4.65. The van der Waals surface area contributed by atoms with E-state index in [4.69, 9.17) is 23.0 Å². The van der Waals surface area contributed by atoms with Crippen molar-refractivity contribution in [1.29, 1.82) is 0 Å². The van der Waals surface area contributed by atoms with E-state index in [-0.39, 0.29) is 11.0 Å². The number of hydrogen-bond acceptors (Lipinski definition) is 7. The van der Waals surface area contributed by atoms with Crippen LogP contribution in [0, 0.1) is 0 Å². The van der Waals surface area contributed by atoms with E-state index in [0.29, 0.717) is 40.2 Å². The third-order valence-corrected chi connectivity index (χ3v) is 5.82. The summed E-state index contributed by atoms with van der Waals surface area (Å²) >= 11 is 0. The predicted octanol–water partition coefficient (Wildman–Crippen LogP) is 5.45. The molecule has 0 spiro atoms. The SMILES string of the molecule is CCN(CC)CCOc1ccc(/C=C/c2cc(=O)c3c(OC)c4ccoc4c(OC)c3o2)cc1. The summed E-state index contributed by atoms with van der Waals surface area (Å²) in [4.78, 5) is 15.3. The van der Waals surface area contributed by atoms with E-state index in [1.165, 1.54) is 26.5 Å². The molecule has 4 rings (SSSR count). The number of furan rings is 1. The van der Waals surface area contributed by atoms with Gasteiger partial charge >= 0.3 is 0 Å². The highest BCUT2D eigenvalue weighted by atomic mass is 16.5. The van der Waals surface area contributed by atoms with Gasteiger partial charge in [-0.05, 0) is 42.9 Å². The summed E-state index contributed by atoms with van der Waals surface area (Å²) < 4.78 is 28.5. The van der Waals surface area contributed by atoms with Crippen LogP contribution in [0.4, 0.5) is 0 Å². The molecule has 0 saturated carbocycles. The highest BCUT2D eigenvalue weighted by Gasteiger charge is 2.22. The number of benzene rings is 2. The lowest BCUT2D eigenvalue weighted by atomic mass is 10.1. The first-order chi connectivity index (χ1) is 16.6. The van der Waals surface area contributed by atoms with Gasteiger partial charge in [0.05, 0.1) is 25.9 Å². The fourth-order valence-corrected chi connectivity index (χ4v) is 3.95. The summed E-state index contributed by atoms with van der Waals surface area (Å²) in [6.45, 7) is 7.86. The standard InChI is InChI=1S/C27H29NO6/c1-5-28(6-2)14-16-32-19-10-7-18(8-11-19)9-12-20-17-22(29)23-24(30-3)21-13-15-33-25(21)27(31-4)26(23)34-20/h7-13,15,17H,5-6,14,16H2,1-4H3/b12-9+. The zero-order valence-corrected chi connectivity index (χ0v) is 19.9. The van der Waals surface area contributed by atoms with E-state index in [0.717, 1.165) is 30.9 Å². The Labute approximate surface area is 198 Å². The summed E-state index contributed by atoms with van der Waals surface area (Å²) in [5.74, 6) is 1.97. The molecule has 0 bridgehead atoms. The number of nitrogens with zero attached hydrogens (tertiary/aromatic N) is 1. The normalized spacial score (nSPS) is 11.7. The lowest BCUT2D eigenvalue weighted by Crippen LogP contribution is -2.27. The van der Waals surface area contributed by atoms with Crippen LogP contribution in [0.3, 0.4) is 0 Å². The van der Waals surface area contributed by atoms with Gasteiger partial charge < -0.3 is 27.9 Å². The van der Waals surface area contributed by atoms with Crippen LogP contribution < -0.4 is 19.6 Å². The number of ether oxygens (including phenoxy) is 3. The molecular weight excluding hydrogens is 434 g/mol. The molecule has 0 saturated heterocycles. The maximum Gasteiger partial charge on any atom is 0.206 e. The monoisotopic (exact) mass is 463 g/mol. The second-order valence-electron chi connectivity index (χ2n) is 7.72. The van der Waals surface area contributed by atoms with E-state index < -0.39 is 0 Å². The topological polar surface area (TPSA) is 74.3 Å². The Balaban J connectivity index is 1.58. The number of likely N-dealkylation sites (N-methyl/N-ethyl adjacent to an activating group) is 1. The largest absolute Gasteiger partial charge is 0.495 e. The van der Waals surface area contributed by atoms with Crippen LogP contribution in [0.1, 0.15) is 25.2 Å². The Kier molecular flexibility index (Phi) is 7.23. The molecule has 0 aliphatic heterocycles. The van der Waals surface area contributed by atoms with Crippen LogP contribution in [-0.2, 0) is 0 Å². The van der Waals surface area contributed by atoms with Crippen molar-refractivity contribution in [3.8, 4) is 17.2 Å². The number of fused-ring (bicyclic) bond motifs is 2. The zero-order chi connectivity index (χ0) is 24.1. The summed E-state index contributed by atoms with van der Waals surface area (Å²) in [7, 11) is 3.02. The van der Waals surface area contributed by atoms with E-state index >= 15 is 0 Å². The van der Waals surface area contributed by atoms with Crippen molar-refractivity contribution >= 4 is 34.1 Å². The molecule has 0 fully saturated rings. The maximum absolute atomic E-state index is 13.0. The second kappa shape index (κ2) is 10.5. The van der Waals surface area contributed by atoms with Crippen molar-refractivity contribution in [2.45, 2.75) is 13.8 Å². The van der Waals surface area contributed by atoms with Crippen molar-refractivity contribution in [1.82, 2.24) is 4.90 Å². The van der Waals surface area contributed by atoms with Crippen molar-refractivity contribution in [2.24, 2.45) is 0 Å². The van der Waals surface area contributed by atoms with Gasteiger partial charge in [-0.25, -0.2) is 0 Å². The molecule has 2 aromatic heterocycles. The van der Waals surface area contributed by atoms with Crippen LogP contribution >= 0.6 is 0 Å². The minimum absolute atomic E-state index is 0.226. The van der Waals surface area contributed by atoms with Gasteiger partial charge in [0.1, 0.15) is 29.3 Å².